The molecular weight excluding hydrogens is 274 g/mol. The third-order valence-electron chi connectivity index (χ3n) is 2.76. The van der Waals surface area contributed by atoms with Gasteiger partial charge in [0.1, 0.15) is 5.75 Å². The van der Waals surface area contributed by atoms with E-state index >= 15 is 0 Å². The van der Waals surface area contributed by atoms with Gasteiger partial charge in [0.05, 0.1) is 0 Å². The summed E-state index contributed by atoms with van der Waals surface area (Å²) in [5.41, 5.74) is 1.97. The van der Waals surface area contributed by atoms with E-state index in [2.05, 4.69) is 29.1 Å². The second kappa shape index (κ2) is 6.68. The molecule has 1 aromatic carbocycles. The zero-order valence-corrected chi connectivity index (χ0v) is 12.6. The van der Waals surface area contributed by atoms with Crippen molar-refractivity contribution in [2.24, 2.45) is 0 Å². The van der Waals surface area contributed by atoms with Gasteiger partial charge < -0.3 is 10.1 Å². The predicted molar refractivity (Wildman–Crippen MR) is 80.3 cm³/mol. The van der Waals surface area contributed by atoms with Gasteiger partial charge in [-0.25, -0.2) is 4.98 Å². The van der Waals surface area contributed by atoms with Gasteiger partial charge in [0, 0.05) is 35.1 Å². The summed E-state index contributed by atoms with van der Waals surface area (Å²) in [6.45, 7) is 6.91. The van der Waals surface area contributed by atoms with Gasteiger partial charge in [-0.2, -0.15) is 4.98 Å². The average molecular weight is 292 g/mol. The molecule has 0 saturated carbocycles. The molecule has 0 saturated heterocycles. The number of benzene rings is 1. The monoisotopic (exact) mass is 291 g/mol. The van der Waals surface area contributed by atoms with E-state index in [9.17, 15) is 0 Å². The highest BCUT2D eigenvalue weighted by molar-refractivity contribution is 6.30. The van der Waals surface area contributed by atoms with Crippen LogP contribution in [0.25, 0.3) is 0 Å². The van der Waals surface area contributed by atoms with E-state index in [4.69, 9.17) is 16.3 Å². The van der Waals surface area contributed by atoms with Gasteiger partial charge in [-0.1, -0.05) is 31.5 Å². The molecule has 0 spiro atoms. The first-order chi connectivity index (χ1) is 9.54. The Labute approximate surface area is 124 Å². The minimum absolute atomic E-state index is 0.332. The van der Waals surface area contributed by atoms with Crippen LogP contribution in [0.5, 0.6) is 11.8 Å². The summed E-state index contributed by atoms with van der Waals surface area (Å²) in [7, 11) is 0. The lowest BCUT2D eigenvalue weighted by Crippen LogP contribution is -2.22. The molecule has 0 atom stereocenters. The first kappa shape index (κ1) is 14.8. The predicted octanol–water partition coefficient (Wildman–Crippen LogP) is 3.73. The maximum atomic E-state index is 5.91. The largest absolute Gasteiger partial charge is 0.424 e. The molecule has 0 amide bonds. The Morgan fingerprint density at radius 2 is 2.15 bits per heavy atom. The summed E-state index contributed by atoms with van der Waals surface area (Å²) in [5, 5.41) is 3.96. The molecule has 0 unspecified atom stereocenters. The first-order valence-corrected chi connectivity index (χ1v) is 6.91. The highest BCUT2D eigenvalue weighted by Crippen LogP contribution is 2.22. The minimum atomic E-state index is 0.332. The van der Waals surface area contributed by atoms with Gasteiger partial charge in [0.15, 0.2) is 0 Å². The van der Waals surface area contributed by atoms with E-state index in [0.717, 1.165) is 17.8 Å². The van der Waals surface area contributed by atoms with Gasteiger partial charge in [0.2, 0.25) is 0 Å². The quantitative estimate of drug-likeness (QED) is 0.912. The fraction of sp³-hybridized carbons (Fsp3) is 0.333. The van der Waals surface area contributed by atoms with Gasteiger partial charge in [-0.05, 0) is 25.1 Å². The topological polar surface area (TPSA) is 47.0 Å². The lowest BCUT2D eigenvalue weighted by Gasteiger charge is -2.10. The lowest BCUT2D eigenvalue weighted by molar-refractivity contribution is 0.438. The second-order valence-corrected chi connectivity index (χ2v) is 5.29. The number of ether oxygens (including phenoxy) is 1. The molecule has 1 aromatic heterocycles. The fourth-order valence-corrected chi connectivity index (χ4v) is 1.82. The zero-order chi connectivity index (χ0) is 14.5. The Morgan fingerprint density at radius 1 is 1.35 bits per heavy atom. The molecule has 2 rings (SSSR count). The Balaban J connectivity index is 2.09. The highest BCUT2D eigenvalue weighted by Gasteiger charge is 2.06. The van der Waals surface area contributed by atoms with Crippen molar-refractivity contribution in [2.45, 2.75) is 33.4 Å². The minimum Gasteiger partial charge on any atom is -0.424 e. The van der Waals surface area contributed by atoms with Crippen LogP contribution in [0.2, 0.25) is 5.02 Å². The van der Waals surface area contributed by atoms with Crippen molar-refractivity contribution in [3.05, 3.63) is 46.7 Å². The van der Waals surface area contributed by atoms with Gasteiger partial charge in [-0.3, -0.25) is 0 Å². The van der Waals surface area contributed by atoms with Crippen molar-refractivity contribution < 1.29 is 4.74 Å². The molecular formula is C15H18ClN3O. The first-order valence-electron chi connectivity index (χ1n) is 6.54. The smallest absolute Gasteiger partial charge is 0.322 e. The van der Waals surface area contributed by atoms with Gasteiger partial charge in [0.25, 0.3) is 0 Å². The van der Waals surface area contributed by atoms with Crippen molar-refractivity contribution in [3.8, 4) is 11.8 Å². The summed E-state index contributed by atoms with van der Waals surface area (Å²) < 4.78 is 5.59. The molecule has 0 aliphatic carbocycles. The zero-order valence-electron chi connectivity index (χ0n) is 11.9. The molecule has 0 fully saturated rings. The molecule has 4 nitrogen and oxygen atoms in total. The van der Waals surface area contributed by atoms with Crippen molar-refractivity contribution in [1.82, 2.24) is 15.3 Å². The van der Waals surface area contributed by atoms with Crippen molar-refractivity contribution in [2.75, 3.05) is 0 Å². The Bertz CT molecular complexity index is 587. The van der Waals surface area contributed by atoms with Crippen LogP contribution in [0.1, 0.15) is 25.1 Å². The van der Waals surface area contributed by atoms with Gasteiger partial charge >= 0.3 is 6.01 Å². The average Bonchev–Trinajstić information content (AvgIpc) is 2.37. The van der Waals surface area contributed by atoms with Gasteiger partial charge in [-0.15, -0.1) is 0 Å². The van der Waals surface area contributed by atoms with Crippen molar-refractivity contribution >= 4 is 11.6 Å². The van der Waals surface area contributed by atoms with Crippen LogP contribution in [-0.4, -0.2) is 16.0 Å². The van der Waals surface area contributed by atoms with E-state index in [0.29, 0.717) is 22.8 Å². The second-order valence-electron chi connectivity index (χ2n) is 4.86. The number of hydrogen-bond acceptors (Lipinski definition) is 4. The molecule has 2 aromatic rings. The Morgan fingerprint density at radius 3 is 2.80 bits per heavy atom. The SMILES string of the molecule is Cc1nc(Oc2cccc(Cl)c2)ncc1CNC(C)C. The van der Waals surface area contributed by atoms with Crippen LogP contribution < -0.4 is 10.1 Å². The van der Waals surface area contributed by atoms with E-state index in [-0.39, 0.29) is 0 Å². The van der Waals surface area contributed by atoms with E-state index in [1.165, 1.54) is 0 Å². The third-order valence-corrected chi connectivity index (χ3v) is 3.00. The standard InChI is InChI=1S/C15H18ClN3O/c1-10(2)17-8-12-9-18-15(19-11(12)3)20-14-6-4-5-13(16)7-14/h4-7,9-10,17H,8H2,1-3H3. The maximum absolute atomic E-state index is 5.91. The number of halogens is 1. The molecule has 106 valence electrons. The lowest BCUT2D eigenvalue weighted by atomic mass is 10.2. The number of rotatable bonds is 5. The van der Waals surface area contributed by atoms with Crippen LogP contribution in [0.15, 0.2) is 30.5 Å². The van der Waals surface area contributed by atoms with Crippen molar-refractivity contribution in [1.29, 1.82) is 0 Å². The van der Waals surface area contributed by atoms with Crippen LogP contribution in [-0.2, 0) is 6.54 Å². The van der Waals surface area contributed by atoms with E-state index in [1.54, 1.807) is 18.3 Å². The van der Waals surface area contributed by atoms with Crippen LogP contribution in [0.4, 0.5) is 0 Å². The molecule has 1 heterocycles. The molecule has 20 heavy (non-hydrogen) atoms. The molecule has 0 bridgehead atoms. The molecule has 0 radical (unpaired) electrons. The van der Waals surface area contributed by atoms with Crippen LogP contribution >= 0.6 is 11.6 Å². The summed E-state index contributed by atoms with van der Waals surface area (Å²) in [6.07, 6.45) is 1.79. The summed E-state index contributed by atoms with van der Waals surface area (Å²) in [4.78, 5) is 8.59. The Hall–Kier alpha value is -1.65. The maximum Gasteiger partial charge on any atom is 0.322 e. The number of hydrogen-bond donors (Lipinski definition) is 1. The Kier molecular flexibility index (Phi) is 4.93. The molecule has 0 aliphatic rings. The van der Waals surface area contributed by atoms with E-state index in [1.807, 2.05) is 19.1 Å². The number of nitrogens with one attached hydrogen (secondary N) is 1. The van der Waals surface area contributed by atoms with Crippen molar-refractivity contribution in [3.63, 3.8) is 0 Å². The normalized spacial score (nSPS) is 10.8. The van der Waals surface area contributed by atoms with Crippen LogP contribution in [0.3, 0.4) is 0 Å². The fourth-order valence-electron chi connectivity index (χ4n) is 1.64. The number of aryl methyl sites for hydroxylation is 1. The number of aromatic nitrogens is 2. The summed E-state index contributed by atoms with van der Waals surface area (Å²) in [6, 6.07) is 7.93. The highest BCUT2D eigenvalue weighted by atomic mass is 35.5. The molecule has 0 aliphatic heterocycles. The molecule has 1 N–H and O–H groups in total. The van der Waals surface area contributed by atoms with E-state index < -0.39 is 0 Å². The third kappa shape index (κ3) is 4.18. The molecule has 5 heteroatoms. The summed E-state index contributed by atoms with van der Waals surface area (Å²) >= 11 is 5.91. The van der Waals surface area contributed by atoms with Crippen LogP contribution in [0, 0.1) is 6.92 Å². The summed E-state index contributed by atoms with van der Waals surface area (Å²) in [5.74, 6) is 0.630. The number of nitrogens with zero attached hydrogens (tertiary/aromatic N) is 2.